The van der Waals surface area contributed by atoms with Gasteiger partial charge in [0.1, 0.15) is 11.5 Å². The van der Waals surface area contributed by atoms with E-state index in [1.807, 2.05) is 0 Å². The van der Waals surface area contributed by atoms with Crippen molar-refractivity contribution in [1.82, 2.24) is 15.0 Å². The number of nitrogens with one attached hydrogen (secondary N) is 1. The number of aromatic nitrogens is 3. The second kappa shape index (κ2) is 8.70. The molecule has 1 atom stereocenters. The van der Waals surface area contributed by atoms with Crippen LogP contribution in [-0.2, 0) is 16.9 Å². The average Bonchev–Trinajstić information content (AvgIpc) is 2.98. The van der Waals surface area contributed by atoms with Crippen LogP contribution in [0.2, 0.25) is 0 Å². The predicted molar refractivity (Wildman–Crippen MR) is 95.6 cm³/mol. The Bertz CT molecular complexity index is 936. The standard InChI is InChI=1S/C16H14F3N3O3S.Na.H/c1-9-13(20-6-5-14(9)24-2)8-26(23)15-21-11-4-3-10(7-12(11)22-15)25-16(17,18)19;;/h3-7H,8H2,1-2H3,(H,21,22);;. The number of imidazole rings is 1. The van der Waals surface area contributed by atoms with Gasteiger partial charge in [0.15, 0.2) is 5.75 Å². The van der Waals surface area contributed by atoms with E-state index in [-0.39, 0.29) is 51.7 Å². The van der Waals surface area contributed by atoms with E-state index in [0.717, 1.165) is 17.7 Å². The number of rotatable bonds is 5. The van der Waals surface area contributed by atoms with Gasteiger partial charge >= 0.3 is 41.1 Å². The molecule has 0 fully saturated rings. The third kappa shape index (κ3) is 5.29. The first-order valence-electron chi connectivity index (χ1n) is 7.39. The average molecular weight is 409 g/mol. The van der Waals surface area contributed by atoms with E-state index in [9.17, 15) is 17.7 Å². The molecule has 0 aliphatic rings. The van der Waals surface area contributed by atoms with Crippen LogP contribution in [0, 0.1) is 6.92 Å². The number of methoxy groups -OCH3 is 1. The minimum absolute atomic E-state index is 0. The predicted octanol–water partition coefficient (Wildman–Crippen LogP) is 2.83. The Labute approximate surface area is 178 Å². The first kappa shape index (κ1) is 21.8. The molecule has 1 N–H and O–H groups in total. The number of aromatic amines is 1. The topological polar surface area (TPSA) is 83.1 Å². The van der Waals surface area contributed by atoms with Gasteiger partial charge in [-0.1, -0.05) is 0 Å². The Kier molecular flexibility index (Phi) is 7.03. The summed E-state index contributed by atoms with van der Waals surface area (Å²) in [5, 5.41) is 0.146. The number of ether oxygens (including phenoxy) is 2. The van der Waals surface area contributed by atoms with E-state index in [1.165, 1.54) is 13.2 Å². The Morgan fingerprint density at radius 3 is 2.67 bits per heavy atom. The van der Waals surface area contributed by atoms with E-state index in [0.29, 0.717) is 17.0 Å². The Balaban J connectivity index is 0.00000261. The summed E-state index contributed by atoms with van der Waals surface area (Å²) in [5.41, 5.74) is 2.04. The van der Waals surface area contributed by atoms with Crippen molar-refractivity contribution in [2.75, 3.05) is 7.11 Å². The molecule has 0 bridgehead atoms. The van der Waals surface area contributed by atoms with Crippen LogP contribution in [0.25, 0.3) is 11.0 Å². The van der Waals surface area contributed by atoms with Crippen LogP contribution in [0.4, 0.5) is 13.2 Å². The number of alkyl halides is 3. The number of hydrogen-bond acceptors (Lipinski definition) is 5. The molecule has 0 spiro atoms. The monoisotopic (exact) mass is 409 g/mol. The first-order valence-corrected chi connectivity index (χ1v) is 8.71. The zero-order valence-corrected chi connectivity index (χ0v) is 14.6. The molecule has 0 amide bonds. The summed E-state index contributed by atoms with van der Waals surface area (Å²) >= 11 is -1.56. The molecular weight excluding hydrogens is 394 g/mol. The van der Waals surface area contributed by atoms with Gasteiger partial charge in [-0.05, 0) is 25.1 Å². The molecule has 0 radical (unpaired) electrons. The van der Waals surface area contributed by atoms with E-state index in [1.54, 1.807) is 19.2 Å². The van der Waals surface area contributed by atoms with Gasteiger partial charge in [0.25, 0.3) is 0 Å². The molecule has 0 aliphatic heterocycles. The van der Waals surface area contributed by atoms with Crippen LogP contribution in [0.1, 0.15) is 11.3 Å². The number of halogens is 3. The van der Waals surface area contributed by atoms with Crippen molar-refractivity contribution in [3.63, 3.8) is 0 Å². The number of hydrogen-bond donors (Lipinski definition) is 1. The molecule has 6 nitrogen and oxygen atoms in total. The summed E-state index contributed by atoms with van der Waals surface area (Å²) in [5.74, 6) is 0.332. The van der Waals surface area contributed by atoms with Crippen LogP contribution in [0.3, 0.4) is 0 Å². The summed E-state index contributed by atoms with van der Waals surface area (Å²) in [4.78, 5) is 11.2. The van der Waals surface area contributed by atoms with Crippen LogP contribution in [0.5, 0.6) is 11.5 Å². The molecule has 27 heavy (non-hydrogen) atoms. The van der Waals surface area contributed by atoms with Gasteiger partial charge in [-0.2, -0.15) is 4.98 Å². The van der Waals surface area contributed by atoms with Crippen molar-refractivity contribution in [2.45, 2.75) is 24.2 Å². The molecule has 1 unspecified atom stereocenters. The molecule has 2 heterocycles. The Morgan fingerprint density at radius 2 is 2.00 bits per heavy atom. The van der Waals surface area contributed by atoms with Gasteiger partial charge in [-0.15, -0.1) is 13.2 Å². The number of pyridine rings is 1. The van der Waals surface area contributed by atoms with Crippen molar-refractivity contribution in [1.29, 1.82) is 0 Å². The molecule has 0 saturated heterocycles. The molecule has 11 heteroatoms. The van der Waals surface area contributed by atoms with Gasteiger partial charge in [-0.3, -0.25) is 9.97 Å². The molecule has 0 aliphatic carbocycles. The van der Waals surface area contributed by atoms with Crippen molar-refractivity contribution in [3.8, 4) is 11.5 Å². The van der Waals surface area contributed by atoms with Crippen molar-refractivity contribution in [3.05, 3.63) is 41.7 Å². The zero-order chi connectivity index (χ0) is 18.9. The zero-order valence-electron chi connectivity index (χ0n) is 13.8. The molecule has 3 aromatic rings. The van der Waals surface area contributed by atoms with Crippen molar-refractivity contribution >= 4 is 51.8 Å². The summed E-state index contributed by atoms with van der Waals surface area (Å²) < 4.78 is 58.5. The third-order valence-corrected chi connectivity index (χ3v) is 4.79. The normalized spacial score (nSPS) is 12.5. The molecule has 1 aromatic carbocycles. The molecule has 0 saturated carbocycles. The maximum atomic E-state index is 12.6. The van der Waals surface area contributed by atoms with Crippen LogP contribution in [0.15, 0.2) is 35.6 Å². The number of fused-ring (bicyclic) bond motifs is 1. The second-order valence-corrected chi connectivity index (χ2v) is 6.71. The summed E-state index contributed by atoms with van der Waals surface area (Å²) in [6, 6.07) is 5.38. The Morgan fingerprint density at radius 1 is 1.26 bits per heavy atom. The van der Waals surface area contributed by atoms with Crippen LogP contribution in [-0.4, -0.2) is 62.5 Å². The van der Waals surface area contributed by atoms with Gasteiger partial charge in [-0.25, -0.2) is 0 Å². The van der Waals surface area contributed by atoms with Gasteiger partial charge in [0, 0.05) is 29.0 Å². The van der Waals surface area contributed by atoms with Crippen molar-refractivity contribution < 1.29 is 27.2 Å². The molecular formula is C16H15F3N3NaO3S. The van der Waals surface area contributed by atoms with Gasteiger partial charge < -0.3 is 14.0 Å². The quantitative estimate of drug-likeness (QED) is 0.518. The minimum atomic E-state index is -4.79. The van der Waals surface area contributed by atoms with Crippen molar-refractivity contribution in [2.24, 2.45) is 0 Å². The SMILES string of the molecule is COc1ccnc(C[S+]([O-])c2nc3cc(OC(F)(F)F)ccc3[nH]2)c1C.[NaH]. The van der Waals surface area contributed by atoms with Crippen LogP contribution >= 0.6 is 0 Å². The first-order chi connectivity index (χ1) is 12.3. The van der Waals surface area contributed by atoms with E-state index < -0.39 is 17.5 Å². The van der Waals surface area contributed by atoms with E-state index in [4.69, 9.17) is 4.74 Å². The summed E-state index contributed by atoms with van der Waals surface area (Å²) in [6.45, 7) is 1.80. The molecule has 140 valence electrons. The van der Waals surface area contributed by atoms with E-state index in [2.05, 4.69) is 19.7 Å². The van der Waals surface area contributed by atoms with Gasteiger partial charge in [0.2, 0.25) is 0 Å². The fourth-order valence-corrected chi connectivity index (χ4v) is 3.49. The second-order valence-electron chi connectivity index (χ2n) is 5.34. The summed E-state index contributed by atoms with van der Waals surface area (Å²) in [7, 11) is 1.53. The van der Waals surface area contributed by atoms with Gasteiger partial charge in [0.05, 0.1) is 23.8 Å². The number of benzene rings is 1. The summed E-state index contributed by atoms with van der Waals surface area (Å²) in [6.07, 6.45) is -3.23. The number of H-pyrrole nitrogens is 1. The Hall–Kier alpha value is -1.46. The maximum absolute atomic E-state index is 12.6. The molecule has 2 aromatic heterocycles. The number of nitrogens with zero attached hydrogens (tertiary/aromatic N) is 2. The fraction of sp³-hybridized carbons (Fsp3) is 0.250. The third-order valence-electron chi connectivity index (χ3n) is 3.63. The fourth-order valence-electron chi connectivity index (χ4n) is 2.39. The van der Waals surface area contributed by atoms with Crippen LogP contribution < -0.4 is 9.47 Å². The molecule has 3 rings (SSSR count). The van der Waals surface area contributed by atoms with E-state index >= 15 is 0 Å².